The lowest BCUT2D eigenvalue weighted by molar-refractivity contribution is -0.137. The highest BCUT2D eigenvalue weighted by molar-refractivity contribution is 6.05. The van der Waals surface area contributed by atoms with Gasteiger partial charge in [-0.15, -0.1) is 0 Å². The van der Waals surface area contributed by atoms with Gasteiger partial charge in [-0.1, -0.05) is 18.2 Å². The van der Waals surface area contributed by atoms with Gasteiger partial charge >= 0.3 is 5.97 Å². The first-order chi connectivity index (χ1) is 10.1. The minimum atomic E-state index is -0.871. The molecular formula is C16H17NO4. The van der Waals surface area contributed by atoms with Gasteiger partial charge in [0.25, 0.3) is 5.91 Å². The summed E-state index contributed by atoms with van der Waals surface area (Å²) in [4.78, 5) is 24.8. The van der Waals surface area contributed by atoms with E-state index >= 15 is 0 Å². The molecule has 0 atom stereocenters. The standard InChI is InChI=1S/C16H17NO4/c1-12-9-11-21-15(12)16(20)17(10-5-8-14(18)19)13-6-3-2-4-7-13/h2-4,6-7,9,11H,5,8,10H2,1H3,(H,18,19). The Morgan fingerprint density at radius 1 is 1.19 bits per heavy atom. The highest BCUT2D eigenvalue weighted by Crippen LogP contribution is 2.20. The number of amides is 1. The Morgan fingerprint density at radius 2 is 1.90 bits per heavy atom. The number of carboxylic acids is 1. The van der Waals surface area contributed by atoms with Crippen LogP contribution in [0.1, 0.15) is 29.0 Å². The summed E-state index contributed by atoms with van der Waals surface area (Å²) < 4.78 is 5.25. The van der Waals surface area contributed by atoms with Crippen molar-refractivity contribution in [2.45, 2.75) is 19.8 Å². The third kappa shape index (κ3) is 3.72. The Hall–Kier alpha value is -2.56. The molecule has 0 fully saturated rings. The summed E-state index contributed by atoms with van der Waals surface area (Å²) >= 11 is 0. The summed E-state index contributed by atoms with van der Waals surface area (Å²) in [5.74, 6) is -0.840. The van der Waals surface area contributed by atoms with E-state index in [0.717, 1.165) is 11.3 Å². The normalized spacial score (nSPS) is 10.3. The van der Waals surface area contributed by atoms with Gasteiger partial charge in [-0.25, -0.2) is 0 Å². The molecule has 2 rings (SSSR count). The van der Waals surface area contributed by atoms with Crippen molar-refractivity contribution in [2.75, 3.05) is 11.4 Å². The van der Waals surface area contributed by atoms with Crippen molar-refractivity contribution in [1.82, 2.24) is 0 Å². The van der Waals surface area contributed by atoms with Crippen molar-refractivity contribution >= 4 is 17.6 Å². The average Bonchev–Trinajstić information content (AvgIpc) is 2.90. The van der Waals surface area contributed by atoms with E-state index < -0.39 is 5.97 Å². The molecule has 1 N–H and O–H groups in total. The minimum Gasteiger partial charge on any atom is -0.481 e. The number of benzene rings is 1. The summed E-state index contributed by atoms with van der Waals surface area (Å²) in [6.45, 7) is 2.13. The van der Waals surface area contributed by atoms with Crippen molar-refractivity contribution in [2.24, 2.45) is 0 Å². The van der Waals surface area contributed by atoms with Crippen LogP contribution >= 0.6 is 0 Å². The Labute approximate surface area is 122 Å². The second kappa shape index (κ2) is 6.74. The number of aryl methyl sites for hydroxylation is 1. The molecule has 1 aromatic heterocycles. The topological polar surface area (TPSA) is 70.8 Å². The van der Waals surface area contributed by atoms with Gasteiger partial charge in [0.15, 0.2) is 5.76 Å². The molecule has 0 aliphatic carbocycles. The zero-order valence-electron chi connectivity index (χ0n) is 11.8. The predicted octanol–water partition coefficient (Wildman–Crippen LogP) is 3.10. The van der Waals surface area contributed by atoms with Crippen molar-refractivity contribution in [1.29, 1.82) is 0 Å². The van der Waals surface area contributed by atoms with Gasteiger partial charge in [-0.05, 0) is 31.5 Å². The number of aliphatic carboxylic acids is 1. The molecule has 0 bridgehead atoms. The molecular weight excluding hydrogens is 270 g/mol. The SMILES string of the molecule is Cc1ccoc1C(=O)N(CCCC(=O)O)c1ccccc1. The number of hydrogen-bond donors (Lipinski definition) is 1. The van der Waals surface area contributed by atoms with E-state index in [4.69, 9.17) is 9.52 Å². The number of carbonyl (C=O) groups is 2. The van der Waals surface area contributed by atoms with E-state index in [2.05, 4.69) is 0 Å². The van der Waals surface area contributed by atoms with E-state index in [0.29, 0.717) is 13.0 Å². The van der Waals surface area contributed by atoms with Crippen molar-refractivity contribution in [3.05, 3.63) is 54.0 Å². The van der Waals surface area contributed by atoms with Crippen LogP contribution < -0.4 is 4.90 Å². The highest BCUT2D eigenvalue weighted by atomic mass is 16.4. The van der Waals surface area contributed by atoms with E-state index in [1.54, 1.807) is 17.9 Å². The van der Waals surface area contributed by atoms with Gasteiger partial charge in [0.1, 0.15) is 0 Å². The summed E-state index contributed by atoms with van der Waals surface area (Å²) in [5.41, 5.74) is 1.49. The third-order valence-electron chi connectivity index (χ3n) is 3.14. The molecule has 0 saturated carbocycles. The van der Waals surface area contributed by atoms with Crippen molar-refractivity contribution in [3.8, 4) is 0 Å². The van der Waals surface area contributed by atoms with Crippen LogP contribution in [0.25, 0.3) is 0 Å². The molecule has 0 aliphatic rings. The molecule has 110 valence electrons. The fraction of sp³-hybridized carbons (Fsp3) is 0.250. The molecule has 1 heterocycles. The first-order valence-corrected chi connectivity index (χ1v) is 6.72. The molecule has 5 nitrogen and oxygen atoms in total. The zero-order chi connectivity index (χ0) is 15.2. The molecule has 0 unspecified atom stereocenters. The van der Waals surface area contributed by atoms with Crippen LogP contribution in [0.15, 0.2) is 47.1 Å². The summed E-state index contributed by atoms with van der Waals surface area (Å²) in [6.07, 6.45) is 1.88. The molecule has 0 spiro atoms. The third-order valence-corrected chi connectivity index (χ3v) is 3.14. The number of carbonyl (C=O) groups excluding carboxylic acids is 1. The predicted molar refractivity (Wildman–Crippen MR) is 78.4 cm³/mol. The van der Waals surface area contributed by atoms with Crippen molar-refractivity contribution < 1.29 is 19.1 Å². The number of rotatable bonds is 6. The Morgan fingerprint density at radius 3 is 2.48 bits per heavy atom. The van der Waals surface area contributed by atoms with Crippen LogP contribution in [0.4, 0.5) is 5.69 Å². The van der Waals surface area contributed by atoms with Gasteiger partial charge < -0.3 is 14.4 Å². The van der Waals surface area contributed by atoms with Crippen LogP contribution in [0, 0.1) is 6.92 Å². The maximum atomic E-state index is 12.6. The largest absolute Gasteiger partial charge is 0.481 e. The Bertz CT molecular complexity index is 618. The number of nitrogens with zero attached hydrogens (tertiary/aromatic N) is 1. The summed E-state index contributed by atoms with van der Waals surface area (Å²) in [7, 11) is 0. The van der Waals surface area contributed by atoms with Gasteiger partial charge in [-0.2, -0.15) is 0 Å². The van der Waals surface area contributed by atoms with E-state index in [9.17, 15) is 9.59 Å². The van der Waals surface area contributed by atoms with Crippen LogP contribution in [-0.2, 0) is 4.79 Å². The minimum absolute atomic E-state index is 0.0216. The monoisotopic (exact) mass is 287 g/mol. The van der Waals surface area contributed by atoms with Crippen LogP contribution in [0.3, 0.4) is 0 Å². The molecule has 1 aromatic carbocycles. The van der Waals surface area contributed by atoms with Crippen LogP contribution in [-0.4, -0.2) is 23.5 Å². The second-order valence-electron chi connectivity index (χ2n) is 4.72. The molecule has 0 aliphatic heterocycles. The first-order valence-electron chi connectivity index (χ1n) is 6.72. The number of carboxylic acid groups (broad SMARTS) is 1. The Balaban J connectivity index is 2.21. The van der Waals surface area contributed by atoms with E-state index in [1.807, 2.05) is 30.3 Å². The molecule has 1 amide bonds. The smallest absolute Gasteiger partial charge is 0.303 e. The molecule has 21 heavy (non-hydrogen) atoms. The van der Waals surface area contributed by atoms with E-state index in [1.165, 1.54) is 6.26 Å². The fourth-order valence-electron chi connectivity index (χ4n) is 2.06. The van der Waals surface area contributed by atoms with Gasteiger partial charge in [0, 0.05) is 24.2 Å². The Kier molecular flexibility index (Phi) is 4.77. The van der Waals surface area contributed by atoms with Gasteiger partial charge in [0.05, 0.1) is 6.26 Å². The highest BCUT2D eigenvalue weighted by Gasteiger charge is 2.21. The second-order valence-corrected chi connectivity index (χ2v) is 4.72. The summed E-state index contributed by atoms with van der Waals surface area (Å²) in [6, 6.07) is 10.9. The number of anilines is 1. The average molecular weight is 287 g/mol. The van der Waals surface area contributed by atoms with Gasteiger partial charge in [-0.3, -0.25) is 9.59 Å². The first kappa shape index (κ1) is 14.8. The lowest BCUT2D eigenvalue weighted by Crippen LogP contribution is -2.32. The summed E-state index contributed by atoms with van der Waals surface area (Å²) in [5, 5.41) is 8.74. The van der Waals surface area contributed by atoms with Gasteiger partial charge in [0.2, 0.25) is 0 Å². The molecule has 5 heteroatoms. The quantitative estimate of drug-likeness (QED) is 0.886. The van der Waals surface area contributed by atoms with Crippen molar-refractivity contribution in [3.63, 3.8) is 0 Å². The van der Waals surface area contributed by atoms with Crippen LogP contribution in [0.5, 0.6) is 0 Å². The maximum absolute atomic E-state index is 12.6. The number of hydrogen-bond acceptors (Lipinski definition) is 3. The zero-order valence-corrected chi connectivity index (χ0v) is 11.8. The lowest BCUT2D eigenvalue weighted by Gasteiger charge is -2.21. The number of furan rings is 1. The number of para-hydroxylation sites is 1. The van der Waals surface area contributed by atoms with Crippen LogP contribution in [0.2, 0.25) is 0 Å². The molecule has 0 radical (unpaired) electrons. The van der Waals surface area contributed by atoms with E-state index in [-0.39, 0.29) is 18.1 Å². The fourth-order valence-corrected chi connectivity index (χ4v) is 2.06. The lowest BCUT2D eigenvalue weighted by atomic mass is 10.2. The molecule has 2 aromatic rings. The maximum Gasteiger partial charge on any atom is 0.303 e. The molecule has 0 saturated heterocycles.